The third-order valence-electron chi connectivity index (χ3n) is 5.57. The predicted octanol–water partition coefficient (Wildman–Crippen LogP) is 5.67. The molecule has 0 spiro atoms. The molecule has 1 saturated heterocycles. The minimum absolute atomic E-state index is 0.121. The van der Waals surface area contributed by atoms with Crippen LogP contribution in [0.1, 0.15) is 33.5 Å². The van der Waals surface area contributed by atoms with Crippen LogP contribution in [0.4, 0.5) is 25.0 Å². The van der Waals surface area contributed by atoms with Gasteiger partial charge in [-0.25, -0.2) is 13.6 Å². The lowest BCUT2D eigenvalue weighted by Crippen LogP contribution is -2.49. The van der Waals surface area contributed by atoms with E-state index in [0.717, 1.165) is 35.2 Å². The second kappa shape index (κ2) is 9.40. The van der Waals surface area contributed by atoms with E-state index in [1.54, 1.807) is 34.1 Å². The number of carbonyl (C=O) groups is 2. The van der Waals surface area contributed by atoms with Gasteiger partial charge in [-0.15, -0.1) is 0 Å². The first-order valence-electron chi connectivity index (χ1n) is 10.8. The summed E-state index contributed by atoms with van der Waals surface area (Å²) in [5.74, 6) is -2.75. The van der Waals surface area contributed by atoms with E-state index >= 15 is 0 Å². The van der Waals surface area contributed by atoms with Gasteiger partial charge < -0.3 is 10.2 Å². The van der Waals surface area contributed by atoms with Gasteiger partial charge in [0.2, 0.25) is 0 Å². The van der Waals surface area contributed by atoms with E-state index in [-0.39, 0.29) is 6.03 Å². The number of aryl methyl sites for hydroxylation is 2. The average molecular weight is 450 g/mol. The van der Waals surface area contributed by atoms with Gasteiger partial charge in [0.15, 0.2) is 0 Å². The largest absolute Gasteiger partial charge is 0.324 e. The van der Waals surface area contributed by atoms with Crippen molar-refractivity contribution < 1.29 is 18.4 Å². The minimum Gasteiger partial charge on any atom is -0.322 e. The maximum Gasteiger partial charge on any atom is 0.324 e. The van der Waals surface area contributed by atoms with Crippen molar-refractivity contribution in [3.63, 3.8) is 0 Å². The molecule has 5 nitrogen and oxygen atoms in total. The van der Waals surface area contributed by atoms with E-state index in [9.17, 15) is 18.4 Å². The SMILES string of the molecule is Cc1cc(C)cc(CN2CCCN(c3cccc(NC(=O)c4c(F)cccc4F)c3)C2=O)c1. The lowest BCUT2D eigenvalue weighted by molar-refractivity contribution is 0.101. The molecule has 0 aliphatic carbocycles. The molecule has 0 radical (unpaired) electrons. The normalized spacial score (nSPS) is 13.9. The van der Waals surface area contributed by atoms with Crippen molar-refractivity contribution >= 4 is 23.3 Å². The number of anilines is 2. The number of rotatable bonds is 5. The zero-order valence-corrected chi connectivity index (χ0v) is 18.6. The van der Waals surface area contributed by atoms with Crippen LogP contribution in [-0.2, 0) is 6.54 Å². The Morgan fingerprint density at radius 2 is 1.61 bits per heavy atom. The first-order chi connectivity index (χ1) is 15.8. The Morgan fingerprint density at radius 3 is 2.30 bits per heavy atom. The first-order valence-corrected chi connectivity index (χ1v) is 10.8. The summed E-state index contributed by atoms with van der Waals surface area (Å²) in [6.07, 6.45) is 0.799. The van der Waals surface area contributed by atoms with Gasteiger partial charge in [-0.2, -0.15) is 0 Å². The zero-order chi connectivity index (χ0) is 23.5. The van der Waals surface area contributed by atoms with Crippen molar-refractivity contribution in [3.8, 4) is 0 Å². The third kappa shape index (κ3) is 5.03. The van der Waals surface area contributed by atoms with Crippen LogP contribution < -0.4 is 10.2 Å². The van der Waals surface area contributed by atoms with Crippen molar-refractivity contribution in [3.05, 3.63) is 94.6 Å². The number of hydrogen-bond donors (Lipinski definition) is 1. The molecule has 7 heteroatoms. The van der Waals surface area contributed by atoms with E-state index in [4.69, 9.17) is 0 Å². The lowest BCUT2D eigenvalue weighted by atomic mass is 10.1. The Balaban J connectivity index is 1.51. The second-order valence-electron chi connectivity index (χ2n) is 8.31. The van der Waals surface area contributed by atoms with Gasteiger partial charge in [0, 0.05) is 31.0 Å². The van der Waals surface area contributed by atoms with Crippen LogP contribution in [0.25, 0.3) is 0 Å². The molecule has 3 aromatic carbocycles. The fraction of sp³-hybridized carbons (Fsp3) is 0.231. The van der Waals surface area contributed by atoms with Crippen molar-refractivity contribution in [1.82, 2.24) is 4.90 Å². The molecule has 1 heterocycles. The Bertz CT molecular complexity index is 1170. The molecule has 1 fully saturated rings. The van der Waals surface area contributed by atoms with Gasteiger partial charge in [0.1, 0.15) is 17.2 Å². The number of urea groups is 1. The van der Waals surface area contributed by atoms with Crippen molar-refractivity contribution in [1.29, 1.82) is 0 Å². The summed E-state index contributed by atoms with van der Waals surface area (Å²) in [4.78, 5) is 29.1. The molecule has 170 valence electrons. The molecule has 3 amide bonds. The van der Waals surface area contributed by atoms with Gasteiger partial charge >= 0.3 is 6.03 Å². The third-order valence-corrected chi connectivity index (χ3v) is 5.57. The van der Waals surface area contributed by atoms with Gasteiger partial charge in [-0.05, 0) is 56.2 Å². The number of halogens is 2. The van der Waals surface area contributed by atoms with Crippen LogP contribution in [0, 0.1) is 25.5 Å². The molecule has 33 heavy (non-hydrogen) atoms. The monoisotopic (exact) mass is 449 g/mol. The van der Waals surface area contributed by atoms with Crippen LogP contribution in [0.5, 0.6) is 0 Å². The number of nitrogens with zero attached hydrogens (tertiary/aromatic N) is 2. The quantitative estimate of drug-likeness (QED) is 0.546. The van der Waals surface area contributed by atoms with E-state index in [1.807, 2.05) is 13.8 Å². The summed E-state index contributed by atoms with van der Waals surface area (Å²) in [6.45, 7) is 5.79. The topological polar surface area (TPSA) is 52.6 Å². The number of nitrogens with one attached hydrogen (secondary N) is 1. The molecular formula is C26H25F2N3O2. The Kier molecular flexibility index (Phi) is 6.40. The molecular weight excluding hydrogens is 424 g/mol. The number of hydrogen-bond acceptors (Lipinski definition) is 2. The molecule has 1 aliphatic rings. The highest BCUT2D eigenvalue weighted by atomic mass is 19.1. The highest BCUT2D eigenvalue weighted by Gasteiger charge is 2.27. The van der Waals surface area contributed by atoms with Gasteiger partial charge in [-0.3, -0.25) is 9.69 Å². The summed E-state index contributed by atoms with van der Waals surface area (Å²) < 4.78 is 27.9. The summed E-state index contributed by atoms with van der Waals surface area (Å²) in [5, 5.41) is 2.53. The van der Waals surface area contributed by atoms with Gasteiger partial charge in [0.25, 0.3) is 5.91 Å². The molecule has 0 bridgehead atoms. The molecule has 1 aliphatic heterocycles. The number of benzene rings is 3. The van der Waals surface area contributed by atoms with Crippen LogP contribution in [0.3, 0.4) is 0 Å². The molecule has 0 aromatic heterocycles. The maximum atomic E-state index is 13.9. The summed E-state index contributed by atoms with van der Waals surface area (Å²) in [5.41, 5.74) is 3.70. The summed E-state index contributed by atoms with van der Waals surface area (Å²) in [6, 6.07) is 16.1. The Morgan fingerprint density at radius 1 is 0.939 bits per heavy atom. The van der Waals surface area contributed by atoms with Crippen molar-refractivity contribution in [2.24, 2.45) is 0 Å². The van der Waals surface area contributed by atoms with Crippen LogP contribution in [0.15, 0.2) is 60.7 Å². The predicted molar refractivity (Wildman–Crippen MR) is 124 cm³/mol. The van der Waals surface area contributed by atoms with Crippen LogP contribution in [-0.4, -0.2) is 29.9 Å². The van der Waals surface area contributed by atoms with E-state index in [0.29, 0.717) is 31.0 Å². The van der Waals surface area contributed by atoms with E-state index < -0.39 is 23.1 Å². The van der Waals surface area contributed by atoms with Gasteiger partial charge in [-0.1, -0.05) is 41.5 Å². The highest BCUT2D eigenvalue weighted by molar-refractivity contribution is 6.05. The van der Waals surface area contributed by atoms with Gasteiger partial charge in [0.05, 0.1) is 0 Å². The average Bonchev–Trinajstić information content (AvgIpc) is 2.74. The zero-order valence-electron chi connectivity index (χ0n) is 18.6. The maximum absolute atomic E-state index is 13.9. The lowest BCUT2D eigenvalue weighted by Gasteiger charge is -2.36. The minimum atomic E-state index is -0.933. The Hall–Kier alpha value is -3.74. The fourth-order valence-electron chi connectivity index (χ4n) is 4.21. The first kappa shape index (κ1) is 22.5. The highest BCUT2D eigenvalue weighted by Crippen LogP contribution is 2.25. The van der Waals surface area contributed by atoms with E-state index in [2.05, 4.69) is 23.5 Å². The van der Waals surface area contributed by atoms with E-state index in [1.165, 1.54) is 6.07 Å². The summed E-state index contributed by atoms with van der Waals surface area (Å²) >= 11 is 0. The van der Waals surface area contributed by atoms with Crippen molar-refractivity contribution in [2.75, 3.05) is 23.3 Å². The van der Waals surface area contributed by atoms with Crippen LogP contribution >= 0.6 is 0 Å². The Labute approximate surface area is 191 Å². The molecule has 4 rings (SSSR count). The molecule has 1 N–H and O–H groups in total. The molecule has 0 atom stereocenters. The number of carbonyl (C=O) groups excluding carboxylic acids is 2. The van der Waals surface area contributed by atoms with Crippen LogP contribution in [0.2, 0.25) is 0 Å². The molecule has 3 aromatic rings. The fourth-order valence-corrected chi connectivity index (χ4v) is 4.21. The standard InChI is InChI=1S/C26H25F2N3O2/c1-17-12-18(2)14-19(13-17)16-30-10-5-11-31(26(30)33)21-7-3-6-20(15-21)29-25(32)24-22(27)8-4-9-23(24)28/h3-4,6-9,12-15H,5,10-11,16H2,1-2H3,(H,29,32). The smallest absolute Gasteiger partial charge is 0.322 e. The molecule has 0 unspecified atom stereocenters. The second-order valence-corrected chi connectivity index (χ2v) is 8.31. The number of amides is 3. The summed E-state index contributed by atoms with van der Waals surface area (Å²) in [7, 11) is 0. The molecule has 0 saturated carbocycles. The van der Waals surface area contributed by atoms with Crippen molar-refractivity contribution in [2.45, 2.75) is 26.8 Å².